The van der Waals surface area contributed by atoms with Gasteiger partial charge in [0.15, 0.2) is 0 Å². The standard InChI is InChI=1S/C25H39N5O3/c1-18(2)30(23(32)19-7-6-8-19)17-22(31)26-20-9-11-21(12-10-20)28-13-15-29(16-14-28)24(33)27-25(3,4)5/h9-12,18-19H,6-8,13-17H2,1-5H3,(H,26,31)(H,27,33). The van der Waals surface area contributed by atoms with Crippen LogP contribution < -0.4 is 15.5 Å². The highest BCUT2D eigenvalue weighted by molar-refractivity contribution is 5.95. The fourth-order valence-corrected chi connectivity index (χ4v) is 4.08. The summed E-state index contributed by atoms with van der Waals surface area (Å²) in [6.45, 7) is 12.8. The lowest BCUT2D eigenvalue weighted by Gasteiger charge is -2.37. The van der Waals surface area contributed by atoms with Crippen molar-refractivity contribution < 1.29 is 14.4 Å². The molecule has 0 atom stereocenters. The second-order valence-corrected chi connectivity index (χ2v) is 10.4. The van der Waals surface area contributed by atoms with Gasteiger partial charge >= 0.3 is 6.03 Å². The second-order valence-electron chi connectivity index (χ2n) is 10.4. The molecule has 4 amide bonds. The molecule has 0 aromatic heterocycles. The van der Waals surface area contributed by atoms with Crippen LogP contribution in [0.5, 0.6) is 0 Å². The lowest BCUT2D eigenvalue weighted by atomic mass is 9.84. The van der Waals surface area contributed by atoms with E-state index in [2.05, 4.69) is 15.5 Å². The Kier molecular flexibility index (Phi) is 7.87. The van der Waals surface area contributed by atoms with Crippen LogP contribution in [0.1, 0.15) is 53.9 Å². The molecule has 1 aliphatic carbocycles. The van der Waals surface area contributed by atoms with Gasteiger partial charge in [0.2, 0.25) is 11.8 Å². The van der Waals surface area contributed by atoms with Gasteiger partial charge in [-0.1, -0.05) is 6.42 Å². The number of nitrogens with zero attached hydrogens (tertiary/aromatic N) is 3. The van der Waals surface area contributed by atoms with E-state index in [1.165, 1.54) is 0 Å². The van der Waals surface area contributed by atoms with E-state index < -0.39 is 0 Å². The van der Waals surface area contributed by atoms with Gasteiger partial charge in [0, 0.05) is 55.1 Å². The molecule has 0 radical (unpaired) electrons. The number of carbonyl (C=O) groups is 3. The zero-order valence-electron chi connectivity index (χ0n) is 20.7. The highest BCUT2D eigenvalue weighted by Gasteiger charge is 2.31. The van der Waals surface area contributed by atoms with Crippen LogP contribution in [0.2, 0.25) is 0 Å². The summed E-state index contributed by atoms with van der Waals surface area (Å²) in [6, 6.07) is 7.72. The Labute approximate surface area is 197 Å². The number of urea groups is 1. The van der Waals surface area contributed by atoms with E-state index in [0.29, 0.717) is 18.8 Å². The first-order chi connectivity index (χ1) is 15.5. The zero-order chi connectivity index (χ0) is 24.2. The Balaban J connectivity index is 1.49. The van der Waals surface area contributed by atoms with E-state index in [4.69, 9.17) is 0 Å². The molecular formula is C25H39N5O3. The first-order valence-electron chi connectivity index (χ1n) is 12.1. The molecule has 1 aromatic rings. The summed E-state index contributed by atoms with van der Waals surface area (Å²) in [5, 5.41) is 5.93. The zero-order valence-corrected chi connectivity index (χ0v) is 20.7. The number of nitrogens with one attached hydrogen (secondary N) is 2. The fourth-order valence-electron chi connectivity index (χ4n) is 4.08. The molecule has 8 heteroatoms. The van der Waals surface area contributed by atoms with Gasteiger partial charge in [-0.25, -0.2) is 4.79 Å². The summed E-state index contributed by atoms with van der Waals surface area (Å²) >= 11 is 0. The van der Waals surface area contributed by atoms with Crippen LogP contribution >= 0.6 is 0 Å². The third-order valence-corrected chi connectivity index (χ3v) is 6.24. The van der Waals surface area contributed by atoms with Gasteiger partial charge in [0.05, 0.1) is 0 Å². The van der Waals surface area contributed by atoms with E-state index in [1.807, 2.05) is 63.8 Å². The monoisotopic (exact) mass is 457 g/mol. The molecule has 1 aromatic carbocycles. The Bertz CT molecular complexity index is 835. The van der Waals surface area contributed by atoms with E-state index in [0.717, 1.165) is 38.0 Å². The number of anilines is 2. The van der Waals surface area contributed by atoms with Crippen molar-refractivity contribution in [1.82, 2.24) is 15.1 Å². The summed E-state index contributed by atoms with van der Waals surface area (Å²) in [5.41, 5.74) is 1.53. The summed E-state index contributed by atoms with van der Waals surface area (Å²) in [7, 11) is 0. The van der Waals surface area contributed by atoms with Crippen LogP contribution in [0, 0.1) is 5.92 Å². The Morgan fingerprint density at radius 1 is 1.03 bits per heavy atom. The first kappa shape index (κ1) is 24.9. The average Bonchev–Trinajstić information content (AvgIpc) is 2.70. The molecule has 1 aliphatic heterocycles. The van der Waals surface area contributed by atoms with Crippen molar-refractivity contribution in [3.05, 3.63) is 24.3 Å². The maximum Gasteiger partial charge on any atom is 0.317 e. The third-order valence-electron chi connectivity index (χ3n) is 6.24. The summed E-state index contributed by atoms with van der Waals surface area (Å²) < 4.78 is 0. The molecule has 182 valence electrons. The average molecular weight is 458 g/mol. The molecule has 0 unspecified atom stereocenters. The highest BCUT2D eigenvalue weighted by Crippen LogP contribution is 2.29. The topological polar surface area (TPSA) is 85.0 Å². The van der Waals surface area contributed by atoms with E-state index in [-0.39, 0.29) is 41.9 Å². The molecule has 33 heavy (non-hydrogen) atoms. The molecule has 1 heterocycles. The molecule has 2 N–H and O–H groups in total. The maximum atomic E-state index is 12.6. The molecule has 0 bridgehead atoms. The van der Waals surface area contributed by atoms with Crippen molar-refractivity contribution >= 4 is 29.2 Å². The maximum absolute atomic E-state index is 12.6. The second kappa shape index (κ2) is 10.4. The quantitative estimate of drug-likeness (QED) is 0.687. The minimum atomic E-state index is -0.245. The molecule has 3 rings (SSSR count). The van der Waals surface area contributed by atoms with Crippen molar-refractivity contribution in [1.29, 1.82) is 0 Å². The normalized spacial score (nSPS) is 16.9. The minimum Gasteiger partial charge on any atom is -0.368 e. The van der Waals surface area contributed by atoms with Crippen molar-refractivity contribution in [3.8, 4) is 0 Å². The number of hydrogen-bond acceptors (Lipinski definition) is 4. The largest absolute Gasteiger partial charge is 0.368 e. The van der Waals surface area contributed by atoms with Gasteiger partial charge in [-0.3, -0.25) is 9.59 Å². The Morgan fingerprint density at radius 3 is 2.12 bits per heavy atom. The predicted molar refractivity (Wildman–Crippen MR) is 131 cm³/mol. The van der Waals surface area contributed by atoms with Gasteiger partial charge in [0.1, 0.15) is 6.54 Å². The van der Waals surface area contributed by atoms with Gasteiger partial charge in [-0.05, 0) is 71.7 Å². The smallest absolute Gasteiger partial charge is 0.317 e. The van der Waals surface area contributed by atoms with Gasteiger partial charge in [-0.15, -0.1) is 0 Å². The van der Waals surface area contributed by atoms with Crippen LogP contribution in [-0.2, 0) is 9.59 Å². The van der Waals surface area contributed by atoms with Crippen molar-refractivity contribution in [2.24, 2.45) is 5.92 Å². The number of piperazine rings is 1. The molecule has 8 nitrogen and oxygen atoms in total. The van der Waals surface area contributed by atoms with Gasteiger partial charge in [0.25, 0.3) is 0 Å². The van der Waals surface area contributed by atoms with E-state index in [9.17, 15) is 14.4 Å². The number of rotatable bonds is 6. The molecular weight excluding hydrogens is 418 g/mol. The van der Waals surface area contributed by atoms with Crippen molar-refractivity contribution in [2.75, 3.05) is 42.9 Å². The molecule has 2 aliphatic rings. The van der Waals surface area contributed by atoms with Crippen LogP contribution in [0.4, 0.5) is 16.2 Å². The number of carbonyl (C=O) groups excluding carboxylic acids is 3. The van der Waals surface area contributed by atoms with Gasteiger partial charge in [-0.2, -0.15) is 0 Å². The molecule has 1 saturated heterocycles. The van der Waals surface area contributed by atoms with E-state index >= 15 is 0 Å². The first-order valence-corrected chi connectivity index (χ1v) is 12.1. The summed E-state index contributed by atoms with van der Waals surface area (Å²) in [6.07, 6.45) is 2.96. The van der Waals surface area contributed by atoms with Crippen molar-refractivity contribution in [2.45, 2.75) is 65.5 Å². The number of hydrogen-bond donors (Lipinski definition) is 2. The Morgan fingerprint density at radius 2 is 1.64 bits per heavy atom. The third kappa shape index (κ3) is 6.85. The van der Waals surface area contributed by atoms with Crippen molar-refractivity contribution in [3.63, 3.8) is 0 Å². The fraction of sp³-hybridized carbons (Fsp3) is 0.640. The molecule has 0 spiro atoms. The summed E-state index contributed by atoms with van der Waals surface area (Å²) in [5.74, 6) is -0.000779. The van der Waals surface area contributed by atoms with Crippen LogP contribution in [0.25, 0.3) is 0 Å². The van der Waals surface area contributed by atoms with Crippen LogP contribution in [0.3, 0.4) is 0 Å². The number of amides is 4. The van der Waals surface area contributed by atoms with Gasteiger partial charge < -0.3 is 25.3 Å². The predicted octanol–water partition coefficient (Wildman–Crippen LogP) is 3.29. The van der Waals surface area contributed by atoms with Crippen LogP contribution in [-0.4, -0.2) is 71.9 Å². The highest BCUT2D eigenvalue weighted by atomic mass is 16.2. The summed E-state index contributed by atoms with van der Waals surface area (Å²) in [4.78, 5) is 43.3. The lowest BCUT2D eigenvalue weighted by molar-refractivity contribution is -0.142. The SMILES string of the molecule is CC(C)N(CC(=O)Nc1ccc(N2CCN(C(=O)NC(C)(C)C)CC2)cc1)C(=O)C1CCC1. The minimum absolute atomic E-state index is 0.00428. The molecule has 2 fully saturated rings. The molecule has 1 saturated carbocycles. The number of benzene rings is 1. The van der Waals surface area contributed by atoms with Crippen LogP contribution in [0.15, 0.2) is 24.3 Å². The Hall–Kier alpha value is -2.77. The lowest BCUT2D eigenvalue weighted by Crippen LogP contribution is -2.55. The van der Waals surface area contributed by atoms with E-state index in [1.54, 1.807) is 4.90 Å².